The first kappa shape index (κ1) is 24.6. The van der Waals surface area contributed by atoms with Crippen LogP contribution in [0.3, 0.4) is 0 Å². The summed E-state index contributed by atoms with van der Waals surface area (Å²) in [6.07, 6.45) is 0.427. The lowest BCUT2D eigenvalue weighted by Gasteiger charge is -2.13. The van der Waals surface area contributed by atoms with Gasteiger partial charge in [0.2, 0.25) is 10.0 Å². The molecule has 8 nitrogen and oxygen atoms in total. The van der Waals surface area contributed by atoms with Gasteiger partial charge in [-0.1, -0.05) is 23.7 Å². The normalized spacial score (nSPS) is 12.1. The second kappa shape index (κ2) is 11.7. The number of rotatable bonds is 11. The standard InChI is InChI=1S/C21H25ClN2O6S/c1-3-29-21(26)15(2)24-20(25)14-30-18-6-4-5-16(13-18)11-12-23-31(27,28)19-9-7-17(22)8-10-19/h4-10,13,15,23H,3,11-12,14H2,1-2H3,(H,24,25)/t15-/m0/s1. The molecule has 2 N–H and O–H groups in total. The highest BCUT2D eigenvalue weighted by molar-refractivity contribution is 7.89. The molecule has 0 fully saturated rings. The number of sulfonamides is 1. The molecule has 0 saturated heterocycles. The van der Waals surface area contributed by atoms with Crippen LogP contribution in [-0.2, 0) is 30.8 Å². The van der Waals surface area contributed by atoms with Gasteiger partial charge in [-0.15, -0.1) is 0 Å². The number of amides is 1. The molecule has 168 valence electrons. The van der Waals surface area contributed by atoms with Gasteiger partial charge in [-0.2, -0.15) is 0 Å². The number of halogens is 1. The van der Waals surface area contributed by atoms with Crippen LogP contribution in [0.2, 0.25) is 5.02 Å². The Morgan fingerprint density at radius 1 is 1.13 bits per heavy atom. The van der Waals surface area contributed by atoms with Crippen molar-refractivity contribution in [1.82, 2.24) is 10.0 Å². The summed E-state index contributed by atoms with van der Waals surface area (Å²) in [6, 6.07) is 12.1. The molecule has 0 radical (unpaired) electrons. The van der Waals surface area contributed by atoms with E-state index in [1.165, 1.54) is 31.2 Å². The van der Waals surface area contributed by atoms with E-state index in [1.54, 1.807) is 25.1 Å². The van der Waals surface area contributed by atoms with E-state index in [0.29, 0.717) is 17.2 Å². The summed E-state index contributed by atoms with van der Waals surface area (Å²) >= 11 is 5.78. The Morgan fingerprint density at radius 2 is 1.84 bits per heavy atom. The quantitative estimate of drug-likeness (QED) is 0.489. The van der Waals surface area contributed by atoms with E-state index in [0.717, 1.165) is 5.56 Å². The molecular formula is C21H25ClN2O6S. The summed E-state index contributed by atoms with van der Waals surface area (Å²) in [5.74, 6) is -0.516. The Kier molecular flexibility index (Phi) is 9.29. The number of nitrogens with one attached hydrogen (secondary N) is 2. The van der Waals surface area contributed by atoms with E-state index in [-0.39, 0.29) is 24.7 Å². The number of hydrogen-bond donors (Lipinski definition) is 2. The maximum absolute atomic E-state index is 12.3. The zero-order valence-corrected chi connectivity index (χ0v) is 18.8. The summed E-state index contributed by atoms with van der Waals surface area (Å²) in [4.78, 5) is 23.6. The van der Waals surface area contributed by atoms with Gasteiger partial charge in [0, 0.05) is 11.6 Å². The number of benzene rings is 2. The Bertz CT molecular complexity index is 995. The zero-order chi connectivity index (χ0) is 22.9. The molecule has 0 aliphatic rings. The first-order valence-electron chi connectivity index (χ1n) is 9.64. The minimum absolute atomic E-state index is 0.136. The smallest absolute Gasteiger partial charge is 0.328 e. The van der Waals surface area contributed by atoms with Crippen LogP contribution in [0.15, 0.2) is 53.4 Å². The van der Waals surface area contributed by atoms with E-state index in [4.69, 9.17) is 21.1 Å². The van der Waals surface area contributed by atoms with E-state index < -0.39 is 27.9 Å². The molecule has 1 amide bonds. The van der Waals surface area contributed by atoms with Gasteiger partial charge in [0.1, 0.15) is 11.8 Å². The number of ether oxygens (including phenoxy) is 2. The Balaban J connectivity index is 1.83. The van der Waals surface area contributed by atoms with Crippen molar-refractivity contribution in [2.45, 2.75) is 31.2 Å². The molecule has 2 aromatic rings. The monoisotopic (exact) mass is 468 g/mol. The summed E-state index contributed by atoms with van der Waals surface area (Å²) < 4.78 is 37.4. The summed E-state index contributed by atoms with van der Waals surface area (Å²) in [5, 5.41) is 2.95. The Morgan fingerprint density at radius 3 is 2.52 bits per heavy atom. The van der Waals surface area contributed by atoms with Crippen molar-refractivity contribution in [3.05, 3.63) is 59.1 Å². The van der Waals surface area contributed by atoms with Crippen LogP contribution in [0.1, 0.15) is 19.4 Å². The highest BCUT2D eigenvalue weighted by Crippen LogP contribution is 2.15. The summed E-state index contributed by atoms with van der Waals surface area (Å²) in [7, 11) is -3.63. The molecule has 0 unspecified atom stereocenters. The molecule has 10 heteroatoms. The lowest BCUT2D eigenvalue weighted by molar-refractivity contribution is -0.147. The maximum Gasteiger partial charge on any atom is 0.328 e. The van der Waals surface area contributed by atoms with E-state index in [2.05, 4.69) is 10.0 Å². The summed E-state index contributed by atoms with van der Waals surface area (Å²) in [5.41, 5.74) is 0.830. The lowest BCUT2D eigenvalue weighted by atomic mass is 10.1. The van der Waals surface area contributed by atoms with Crippen LogP contribution in [0, 0.1) is 0 Å². The topological polar surface area (TPSA) is 111 Å². The minimum atomic E-state index is -3.63. The van der Waals surface area contributed by atoms with Crippen molar-refractivity contribution < 1.29 is 27.5 Å². The molecule has 2 rings (SSSR count). The van der Waals surface area contributed by atoms with Crippen molar-refractivity contribution in [1.29, 1.82) is 0 Å². The van der Waals surface area contributed by atoms with Crippen molar-refractivity contribution in [2.24, 2.45) is 0 Å². The molecule has 0 heterocycles. The number of carbonyl (C=O) groups excluding carboxylic acids is 2. The lowest BCUT2D eigenvalue weighted by Crippen LogP contribution is -2.41. The Labute approximate surface area is 186 Å². The molecule has 0 aliphatic heterocycles. The Hall–Kier alpha value is -2.62. The second-order valence-electron chi connectivity index (χ2n) is 6.58. The fourth-order valence-electron chi connectivity index (χ4n) is 2.58. The average molecular weight is 469 g/mol. The molecule has 0 aromatic heterocycles. The van der Waals surface area contributed by atoms with E-state index >= 15 is 0 Å². The third-order valence-electron chi connectivity index (χ3n) is 4.12. The first-order valence-corrected chi connectivity index (χ1v) is 11.5. The first-order chi connectivity index (χ1) is 14.7. The van der Waals surface area contributed by atoms with Crippen molar-refractivity contribution in [3.63, 3.8) is 0 Å². The number of carbonyl (C=O) groups is 2. The fourth-order valence-corrected chi connectivity index (χ4v) is 3.73. The molecule has 31 heavy (non-hydrogen) atoms. The van der Waals surface area contributed by atoms with Crippen LogP contribution in [0.25, 0.3) is 0 Å². The minimum Gasteiger partial charge on any atom is -0.484 e. The van der Waals surface area contributed by atoms with Gasteiger partial charge >= 0.3 is 5.97 Å². The average Bonchev–Trinajstić information content (AvgIpc) is 2.73. The molecule has 0 saturated carbocycles. The highest BCUT2D eigenvalue weighted by Gasteiger charge is 2.17. The molecule has 1 atom stereocenters. The van der Waals surface area contributed by atoms with Gasteiger partial charge in [0.05, 0.1) is 11.5 Å². The predicted octanol–water partition coefficient (Wildman–Crippen LogP) is 2.31. The number of hydrogen-bond acceptors (Lipinski definition) is 6. The maximum atomic E-state index is 12.3. The SMILES string of the molecule is CCOC(=O)[C@H](C)NC(=O)COc1cccc(CCNS(=O)(=O)c2ccc(Cl)cc2)c1. The second-order valence-corrected chi connectivity index (χ2v) is 8.78. The van der Waals surface area contributed by atoms with Crippen molar-refractivity contribution in [2.75, 3.05) is 19.8 Å². The van der Waals surface area contributed by atoms with Gasteiger partial charge in [-0.3, -0.25) is 4.79 Å². The summed E-state index contributed by atoms with van der Waals surface area (Å²) in [6.45, 7) is 3.37. The van der Waals surface area contributed by atoms with Crippen LogP contribution in [-0.4, -0.2) is 46.1 Å². The molecule has 0 spiro atoms. The third-order valence-corrected chi connectivity index (χ3v) is 5.84. The van der Waals surface area contributed by atoms with Crippen molar-refractivity contribution >= 4 is 33.5 Å². The van der Waals surface area contributed by atoms with Crippen LogP contribution >= 0.6 is 11.6 Å². The largest absolute Gasteiger partial charge is 0.484 e. The van der Waals surface area contributed by atoms with Crippen molar-refractivity contribution in [3.8, 4) is 5.75 Å². The van der Waals surface area contributed by atoms with E-state index in [1.807, 2.05) is 6.07 Å². The number of esters is 1. The van der Waals surface area contributed by atoms with Crippen LogP contribution in [0.4, 0.5) is 0 Å². The third kappa shape index (κ3) is 8.20. The molecule has 0 bridgehead atoms. The van der Waals surface area contributed by atoms with Crippen LogP contribution in [0.5, 0.6) is 5.75 Å². The van der Waals surface area contributed by atoms with Gasteiger partial charge in [0.25, 0.3) is 5.91 Å². The fraction of sp³-hybridized carbons (Fsp3) is 0.333. The van der Waals surface area contributed by atoms with Crippen LogP contribution < -0.4 is 14.8 Å². The van der Waals surface area contributed by atoms with E-state index in [9.17, 15) is 18.0 Å². The molecule has 2 aromatic carbocycles. The predicted molar refractivity (Wildman–Crippen MR) is 117 cm³/mol. The van der Waals surface area contributed by atoms with Gasteiger partial charge in [-0.05, 0) is 62.2 Å². The highest BCUT2D eigenvalue weighted by atomic mass is 35.5. The van der Waals surface area contributed by atoms with Gasteiger partial charge < -0.3 is 14.8 Å². The zero-order valence-electron chi connectivity index (χ0n) is 17.3. The molecular weight excluding hydrogens is 444 g/mol. The van der Waals surface area contributed by atoms with Gasteiger partial charge in [0.15, 0.2) is 6.61 Å². The van der Waals surface area contributed by atoms with Gasteiger partial charge in [-0.25, -0.2) is 17.9 Å². The molecule has 0 aliphatic carbocycles.